The number of aliphatic hydroxyl groups excluding tert-OH is 1. The van der Waals surface area contributed by atoms with Crippen LogP contribution in [0.25, 0.3) is 0 Å². The summed E-state index contributed by atoms with van der Waals surface area (Å²) in [7, 11) is 0. The molecule has 0 heterocycles. The second kappa shape index (κ2) is 5.82. The van der Waals surface area contributed by atoms with E-state index >= 15 is 0 Å². The molecular weight excluding hydrogens is 244 g/mol. The maximum atomic E-state index is 11.5. The summed E-state index contributed by atoms with van der Waals surface area (Å²) in [6.45, 7) is 0.103. The third kappa shape index (κ3) is 3.08. The number of carbonyl (C=O) groups is 1. The molecule has 1 amide bonds. The maximum absolute atomic E-state index is 11.5. The van der Waals surface area contributed by atoms with Gasteiger partial charge in [-0.25, -0.2) is 0 Å². The minimum absolute atomic E-state index is 0.0960. The number of hydrogen-bond acceptors (Lipinski definition) is 6. The molecule has 0 saturated carbocycles. The van der Waals surface area contributed by atoms with E-state index in [1.807, 2.05) is 0 Å². The molecule has 0 radical (unpaired) electrons. The van der Waals surface area contributed by atoms with Crippen LogP contribution in [0.1, 0.15) is 16.8 Å². The van der Waals surface area contributed by atoms with E-state index in [9.17, 15) is 25.1 Å². The van der Waals surface area contributed by atoms with Crippen LogP contribution < -0.4 is 5.32 Å². The van der Waals surface area contributed by atoms with E-state index in [1.54, 1.807) is 0 Å². The Labute approximate surface area is 102 Å². The zero-order valence-electron chi connectivity index (χ0n) is 9.29. The predicted octanol–water partition coefficient (Wildman–Crippen LogP) is 0.118. The highest BCUT2D eigenvalue weighted by molar-refractivity contribution is 5.95. The van der Waals surface area contributed by atoms with Crippen molar-refractivity contribution in [3.05, 3.63) is 27.8 Å². The van der Waals surface area contributed by atoms with Crippen LogP contribution in [-0.4, -0.2) is 39.3 Å². The van der Waals surface area contributed by atoms with Crippen LogP contribution in [0.3, 0.4) is 0 Å². The van der Waals surface area contributed by atoms with Gasteiger partial charge in [0, 0.05) is 19.2 Å². The molecule has 1 aromatic carbocycles. The lowest BCUT2D eigenvalue weighted by Crippen LogP contribution is -2.25. The monoisotopic (exact) mass is 256 g/mol. The third-order valence-corrected chi connectivity index (χ3v) is 2.15. The predicted molar refractivity (Wildman–Crippen MR) is 60.5 cm³/mol. The van der Waals surface area contributed by atoms with Crippen molar-refractivity contribution < 1.29 is 25.0 Å². The Morgan fingerprint density at radius 2 is 2.06 bits per heavy atom. The van der Waals surface area contributed by atoms with Crippen molar-refractivity contribution in [1.29, 1.82) is 0 Å². The highest BCUT2D eigenvalue weighted by atomic mass is 16.6. The summed E-state index contributed by atoms with van der Waals surface area (Å²) in [5, 5.41) is 40.0. The molecule has 0 saturated heterocycles. The van der Waals surface area contributed by atoms with E-state index in [4.69, 9.17) is 5.11 Å². The lowest BCUT2D eigenvalue weighted by atomic mass is 10.1. The molecule has 0 aromatic heterocycles. The summed E-state index contributed by atoms with van der Waals surface area (Å²) >= 11 is 0. The van der Waals surface area contributed by atoms with Gasteiger partial charge in [-0.05, 0) is 12.5 Å². The SMILES string of the molecule is O=C(NCCCO)c1cc(O)c(O)c([N+](=O)[O-])c1. The molecule has 1 rings (SSSR count). The van der Waals surface area contributed by atoms with Gasteiger partial charge in [-0.1, -0.05) is 0 Å². The number of nitro groups is 1. The minimum atomic E-state index is -0.903. The first-order chi connectivity index (χ1) is 8.47. The summed E-state index contributed by atoms with van der Waals surface area (Å²) in [6.07, 6.45) is 0.345. The first kappa shape index (κ1) is 13.7. The van der Waals surface area contributed by atoms with Gasteiger partial charge in [-0.15, -0.1) is 0 Å². The second-order valence-electron chi connectivity index (χ2n) is 3.45. The van der Waals surface area contributed by atoms with Crippen LogP contribution in [-0.2, 0) is 0 Å². The molecule has 0 aliphatic carbocycles. The highest BCUT2D eigenvalue weighted by Gasteiger charge is 2.21. The Balaban J connectivity index is 2.96. The third-order valence-electron chi connectivity index (χ3n) is 2.15. The number of nitro benzene ring substituents is 1. The van der Waals surface area contributed by atoms with E-state index < -0.39 is 28.0 Å². The summed E-state index contributed by atoms with van der Waals surface area (Å²) in [4.78, 5) is 21.2. The number of aromatic hydroxyl groups is 2. The molecule has 98 valence electrons. The summed E-state index contributed by atoms with van der Waals surface area (Å²) in [6, 6.07) is 1.79. The van der Waals surface area contributed by atoms with Gasteiger partial charge < -0.3 is 20.6 Å². The van der Waals surface area contributed by atoms with E-state index in [1.165, 1.54) is 0 Å². The number of phenolic OH excluding ortho intramolecular Hbond substituents is 2. The Morgan fingerprint density at radius 3 is 2.61 bits per heavy atom. The fraction of sp³-hybridized carbons (Fsp3) is 0.300. The second-order valence-corrected chi connectivity index (χ2v) is 3.45. The fourth-order valence-electron chi connectivity index (χ4n) is 1.26. The van der Waals surface area contributed by atoms with E-state index in [0.717, 1.165) is 12.1 Å². The molecule has 0 unspecified atom stereocenters. The minimum Gasteiger partial charge on any atom is -0.504 e. The van der Waals surface area contributed by atoms with E-state index in [0.29, 0.717) is 6.42 Å². The largest absolute Gasteiger partial charge is 0.504 e. The van der Waals surface area contributed by atoms with Gasteiger partial charge in [0.2, 0.25) is 5.75 Å². The van der Waals surface area contributed by atoms with Gasteiger partial charge in [0.1, 0.15) is 0 Å². The molecule has 0 aliphatic rings. The molecule has 8 nitrogen and oxygen atoms in total. The number of aliphatic hydroxyl groups is 1. The van der Waals surface area contributed by atoms with Crippen LogP contribution in [0.15, 0.2) is 12.1 Å². The Kier molecular flexibility index (Phi) is 4.44. The van der Waals surface area contributed by atoms with E-state index in [2.05, 4.69) is 5.32 Å². The summed E-state index contributed by atoms with van der Waals surface area (Å²) in [5.41, 5.74) is -0.891. The Hall–Kier alpha value is -2.35. The lowest BCUT2D eigenvalue weighted by Gasteiger charge is -2.06. The zero-order chi connectivity index (χ0) is 13.7. The van der Waals surface area contributed by atoms with Crippen molar-refractivity contribution in [1.82, 2.24) is 5.32 Å². The van der Waals surface area contributed by atoms with Gasteiger partial charge in [-0.3, -0.25) is 14.9 Å². The number of hydrogen-bond donors (Lipinski definition) is 4. The Bertz CT molecular complexity index is 474. The molecule has 0 aliphatic heterocycles. The number of amides is 1. The zero-order valence-corrected chi connectivity index (χ0v) is 9.29. The Morgan fingerprint density at radius 1 is 1.39 bits per heavy atom. The molecule has 1 aromatic rings. The normalized spacial score (nSPS) is 10.1. The van der Waals surface area contributed by atoms with Crippen molar-refractivity contribution in [2.24, 2.45) is 0 Å². The quantitative estimate of drug-likeness (QED) is 0.256. The van der Waals surface area contributed by atoms with Crippen molar-refractivity contribution in [3.63, 3.8) is 0 Å². The molecule has 18 heavy (non-hydrogen) atoms. The average molecular weight is 256 g/mol. The highest BCUT2D eigenvalue weighted by Crippen LogP contribution is 2.35. The number of benzene rings is 1. The van der Waals surface area contributed by atoms with Gasteiger partial charge in [-0.2, -0.15) is 0 Å². The number of phenols is 2. The molecular formula is C10H12N2O6. The first-order valence-corrected chi connectivity index (χ1v) is 5.06. The van der Waals surface area contributed by atoms with Crippen molar-refractivity contribution >= 4 is 11.6 Å². The molecule has 4 N–H and O–H groups in total. The standard InChI is InChI=1S/C10H12N2O6/c13-3-1-2-11-10(16)6-4-7(12(17)18)9(15)8(14)5-6/h4-5,13-15H,1-3H2,(H,11,16). The first-order valence-electron chi connectivity index (χ1n) is 5.06. The van der Waals surface area contributed by atoms with Crippen molar-refractivity contribution in [2.75, 3.05) is 13.2 Å². The van der Waals surface area contributed by atoms with Crippen LogP contribution in [0.4, 0.5) is 5.69 Å². The van der Waals surface area contributed by atoms with Gasteiger partial charge in [0.15, 0.2) is 5.75 Å². The van der Waals surface area contributed by atoms with Gasteiger partial charge in [0.25, 0.3) is 5.91 Å². The van der Waals surface area contributed by atoms with Crippen LogP contribution in [0, 0.1) is 10.1 Å². The number of nitrogens with one attached hydrogen (secondary N) is 1. The van der Waals surface area contributed by atoms with Crippen molar-refractivity contribution in [2.45, 2.75) is 6.42 Å². The van der Waals surface area contributed by atoms with Crippen LogP contribution >= 0.6 is 0 Å². The van der Waals surface area contributed by atoms with E-state index in [-0.39, 0.29) is 18.7 Å². The maximum Gasteiger partial charge on any atom is 0.315 e. The number of nitrogens with zero attached hydrogens (tertiary/aromatic N) is 1. The fourth-order valence-corrected chi connectivity index (χ4v) is 1.26. The molecule has 0 bridgehead atoms. The summed E-state index contributed by atoms with van der Waals surface area (Å²) < 4.78 is 0. The van der Waals surface area contributed by atoms with Gasteiger partial charge >= 0.3 is 5.69 Å². The molecule has 8 heteroatoms. The molecule has 0 spiro atoms. The molecule has 0 fully saturated rings. The topological polar surface area (TPSA) is 133 Å². The van der Waals surface area contributed by atoms with Crippen LogP contribution in [0.5, 0.6) is 11.5 Å². The lowest BCUT2D eigenvalue weighted by molar-refractivity contribution is -0.386. The van der Waals surface area contributed by atoms with Crippen molar-refractivity contribution in [3.8, 4) is 11.5 Å². The summed E-state index contributed by atoms with van der Waals surface area (Å²) in [5.74, 6) is -2.26. The van der Waals surface area contributed by atoms with Gasteiger partial charge in [0.05, 0.1) is 10.5 Å². The average Bonchev–Trinajstić information content (AvgIpc) is 2.32. The smallest absolute Gasteiger partial charge is 0.315 e. The van der Waals surface area contributed by atoms with Crippen LogP contribution in [0.2, 0.25) is 0 Å². The molecule has 0 atom stereocenters. The number of carbonyl (C=O) groups excluding carboxylic acids is 1. The number of rotatable bonds is 5.